The minimum Gasteiger partial charge on any atom is -0.379 e. The summed E-state index contributed by atoms with van der Waals surface area (Å²) in [5, 5.41) is 6.91. The summed E-state index contributed by atoms with van der Waals surface area (Å²) in [6.45, 7) is 8.24. The van der Waals surface area contributed by atoms with Crippen LogP contribution >= 0.6 is 24.0 Å². The molecule has 2 aliphatic rings. The third kappa shape index (κ3) is 8.10. The van der Waals surface area contributed by atoms with Crippen molar-refractivity contribution in [2.24, 2.45) is 4.99 Å². The van der Waals surface area contributed by atoms with Crippen LogP contribution in [0.1, 0.15) is 54.9 Å². The van der Waals surface area contributed by atoms with Gasteiger partial charge in [-0.1, -0.05) is 31.4 Å². The second-order valence-corrected chi connectivity index (χ2v) is 9.16. The number of ether oxygens (including phenoxy) is 1. The number of hydrogen-bond donors (Lipinski definition) is 2. The van der Waals surface area contributed by atoms with E-state index in [1.807, 2.05) is 18.2 Å². The summed E-state index contributed by atoms with van der Waals surface area (Å²) in [6.07, 6.45) is 7.21. The molecule has 2 fully saturated rings. The maximum Gasteiger partial charge on any atom is 0.253 e. The van der Waals surface area contributed by atoms with Crippen molar-refractivity contribution in [2.45, 2.75) is 51.0 Å². The summed E-state index contributed by atoms with van der Waals surface area (Å²) in [6, 6.07) is 7.90. The third-order valence-corrected chi connectivity index (χ3v) is 6.63. The molecule has 1 aliphatic heterocycles. The van der Waals surface area contributed by atoms with Crippen LogP contribution in [0.15, 0.2) is 29.3 Å². The molecule has 33 heavy (non-hydrogen) atoms. The zero-order valence-electron chi connectivity index (χ0n) is 20.6. The maximum absolute atomic E-state index is 12.2. The number of rotatable bonds is 8. The van der Waals surface area contributed by atoms with Gasteiger partial charge in [0.1, 0.15) is 0 Å². The van der Waals surface area contributed by atoms with E-state index in [0.717, 1.165) is 69.4 Å². The van der Waals surface area contributed by atoms with Gasteiger partial charge in [-0.25, -0.2) is 0 Å². The summed E-state index contributed by atoms with van der Waals surface area (Å²) < 4.78 is 5.61. The van der Waals surface area contributed by atoms with Crippen molar-refractivity contribution in [3.8, 4) is 0 Å². The summed E-state index contributed by atoms with van der Waals surface area (Å²) in [5.74, 6) is 0.918. The molecule has 0 bridgehead atoms. The number of nitrogens with zero attached hydrogens (tertiary/aromatic N) is 3. The molecule has 0 aromatic heterocycles. The van der Waals surface area contributed by atoms with Crippen LogP contribution in [0.2, 0.25) is 0 Å². The van der Waals surface area contributed by atoms with Crippen LogP contribution in [-0.4, -0.2) is 87.2 Å². The first-order valence-corrected chi connectivity index (χ1v) is 12.2. The smallest absolute Gasteiger partial charge is 0.253 e. The van der Waals surface area contributed by atoms with Crippen LogP contribution in [0.3, 0.4) is 0 Å². The van der Waals surface area contributed by atoms with Crippen LogP contribution < -0.4 is 10.6 Å². The zero-order chi connectivity index (χ0) is 22.8. The quantitative estimate of drug-likeness (QED) is 0.285. The van der Waals surface area contributed by atoms with E-state index in [0.29, 0.717) is 0 Å². The van der Waals surface area contributed by atoms with Gasteiger partial charge in [-0.05, 0) is 43.9 Å². The topological polar surface area (TPSA) is 69.2 Å². The minimum atomic E-state index is 0. The van der Waals surface area contributed by atoms with E-state index < -0.39 is 0 Å². The van der Waals surface area contributed by atoms with Crippen molar-refractivity contribution in [3.05, 3.63) is 35.4 Å². The number of halogens is 1. The lowest BCUT2D eigenvalue weighted by atomic mass is 9.80. The molecule has 8 heteroatoms. The second-order valence-electron chi connectivity index (χ2n) is 9.16. The SMILES string of the molecule is CCNC(=NCC1(N2CCOCC2)CCCCC1)NCCc1cccc(C(=O)N(C)C)c1.I. The van der Waals surface area contributed by atoms with Gasteiger partial charge < -0.3 is 20.3 Å². The number of guanidine groups is 1. The normalized spacial score (nSPS) is 18.8. The highest BCUT2D eigenvalue weighted by Crippen LogP contribution is 2.34. The van der Waals surface area contributed by atoms with E-state index in [1.54, 1.807) is 19.0 Å². The Hall–Kier alpha value is -1.39. The fourth-order valence-corrected chi connectivity index (χ4v) is 4.83. The zero-order valence-corrected chi connectivity index (χ0v) is 22.9. The molecule has 1 saturated heterocycles. The summed E-state index contributed by atoms with van der Waals surface area (Å²) in [4.78, 5) is 21.5. The monoisotopic (exact) mass is 571 g/mol. The first kappa shape index (κ1) is 27.9. The van der Waals surface area contributed by atoms with Gasteiger partial charge in [-0.3, -0.25) is 14.7 Å². The highest BCUT2D eigenvalue weighted by Gasteiger charge is 2.38. The van der Waals surface area contributed by atoms with E-state index in [9.17, 15) is 4.79 Å². The second kappa shape index (κ2) is 14.1. The van der Waals surface area contributed by atoms with E-state index >= 15 is 0 Å². The fourth-order valence-electron chi connectivity index (χ4n) is 4.83. The Balaban J connectivity index is 0.00000385. The number of morpholine rings is 1. The van der Waals surface area contributed by atoms with Crippen molar-refractivity contribution < 1.29 is 9.53 Å². The maximum atomic E-state index is 12.2. The van der Waals surface area contributed by atoms with Crippen LogP contribution in [0.25, 0.3) is 0 Å². The van der Waals surface area contributed by atoms with E-state index in [2.05, 4.69) is 28.5 Å². The molecule has 0 unspecified atom stereocenters. The highest BCUT2D eigenvalue weighted by molar-refractivity contribution is 14.0. The molecule has 3 rings (SSSR count). The van der Waals surface area contributed by atoms with Crippen LogP contribution in [0.4, 0.5) is 0 Å². The molecule has 1 amide bonds. The number of benzene rings is 1. The third-order valence-electron chi connectivity index (χ3n) is 6.63. The van der Waals surface area contributed by atoms with Gasteiger partial charge in [0.2, 0.25) is 0 Å². The average Bonchev–Trinajstić information content (AvgIpc) is 2.83. The first-order valence-electron chi connectivity index (χ1n) is 12.2. The van der Waals surface area contributed by atoms with Gasteiger partial charge >= 0.3 is 0 Å². The lowest BCUT2D eigenvalue weighted by Crippen LogP contribution is -2.56. The van der Waals surface area contributed by atoms with Crippen LogP contribution in [0.5, 0.6) is 0 Å². The molecular formula is C25H42IN5O2. The summed E-state index contributed by atoms with van der Waals surface area (Å²) >= 11 is 0. The lowest BCUT2D eigenvalue weighted by Gasteiger charge is -2.47. The predicted molar refractivity (Wildman–Crippen MR) is 146 cm³/mol. The highest BCUT2D eigenvalue weighted by atomic mass is 127. The molecule has 0 spiro atoms. The number of amides is 1. The van der Waals surface area contributed by atoms with Gasteiger partial charge in [-0.2, -0.15) is 0 Å². The predicted octanol–water partition coefficient (Wildman–Crippen LogP) is 3.14. The minimum absolute atomic E-state index is 0. The molecule has 0 atom stereocenters. The van der Waals surface area contributed by atoms with Gasteiger partial charge in [0.05, 0.1) is 19.8 Å². The molecule has 2 N–H and O–H groups in total. The summed E-state index contributed by atoms with van der Waals surface area (Å²) in [7, 11) is 3.57. The Kier molecular flexibility index (Phi) is 11.9. The Morgan fingerprint density at radius 1 is 1.15 bits per heavy atom. The molecule has 1 aliphatic carbocycles. The molecule has 186 valence electrons. The van der Waals surface area contributed by atoms with Crippen molar-refractivity contribution in [1.82, 2.24) is 20.4 Å². The van der Waals surface area contributed by atoms with Crippen molar-refractivity contribution in [3.63, 3.8) is 0 Å². The Bertz CT molecular complexity index is 759. The van der Waals surface area contributed by atoms with Gasteiger partial charge in [-0.15, -0.1) is 24.0 Å². The van der Waals surface area contributed by atoms with Crippen molar-refractivity contribution >= 4 is 35.8 Å². The van der Waals surface area contributed by atoms with E-state index in [1.165, 1.54) is 32.1 Å². The van der Waals surface area contributed by atoms with E-state index in [-0.39, 0.29) is 35.4 Å². The Morgan fingerprint density at radius 3 is 2.55 bits per heavy atom. The fraction of sp³-hybridized carbons (Fsp3) is 0.680. The molecule has 1 heterocycles. The van der Waals surface area contributed by atoms with Crippen molar-refractivity contribution in [2.75, 3.05) is 60.0 Å². The molecular weight excluding hydrogens is 529 g/mol. The number of carbonyl (C=O) groups excluding carboxylic acids is 1. The van der Waals surface area contributed by atoms with Gasteiger partial charge in [0.25, 0.3) is 5.91 Å². The standard InChI is InChI=1S/C25H41N5O2.HI/c1-4-26-24(27-14-11-21-9-8-10-22(19-21)23(31)29(2)3)28-20-25(12-6-5-7-13-25)30-15-17-32-18-16-30;/h8-10,19H,4-7,11-18,20H2,1-3H3,(H2,26,27,28);1H. The molecule has 7 nitrogen and oxygen atoms in total. The largest absolute Gasteiger partial charge is 0.379 e. The van der Waals surface area contributed by atoms with Gasteiger partial charge in [0.15, 0.2) is 5.96 Å². The number of nitrogens with one attached hydrogen (secondary N) is 2. The molecule has 0 radical (unpaired) electrons. The molecule has 1 saturated carbocycles. The van der Waals surface area contributed by atoms with E-state index in [4.69, 9.17) is 9.73 Å². The van der Waals surface area contributed by atoms with Crippen LogP contribution in [0, 0.1) is 0 Å². The van der Waals surface area contributed by atoms with Gasteiger partial charge in [0, 0.05) is 51.4 Å². The first-order chi connectivity index (χ1) is 15.5. The molecule has 1 aromatic carbocycles. The molecule has 1 aromatic rings. The number of aliphatic imine (C=N–C) groups is 1. The summed E-state index contributed by atoms with van der Waals surface area (Å²) in [5.41, 5.74) is 2.06. The Labute approximate surface area is 216 Å². The average molecular weight is 572 g/mol. The lowest BCUT2D eigenvalue weighted by molar-refractivity contribution is -0.0333. The van der Waals surface area contributed by atoms with Crippen LogP contribution in [-0.2, 0) is 11.2 Å². The van der Waals surface area contributed by atoms with Crippen molar-refractivity contribution in [1.29, 1.82) is 0 Å². The number of carbonyl (C=O) groups is 1. The Morgan fingerprint density at radius 2 is 1.88 bits per heavy atom. The number of hydrogen-bond acceptors (Lipinski definition) is 4.